The fourth-order valence-corrected chi connectivity index (χ4v) is 2.19. The van der Waals surface area contributed by atoms with E-state index < -0.39 is 5.97 Å². The van der Waals surface area contributed by atoms with E-state index in [-0.39, 0.29) is 12.5 Å². The summed E-state index contributed by atoms with van der Waals surface area (Å²) < 4.78 is 15.4. The molecule has 2 aromatic carbocycles. The number of hydrogen-bond donors (Lipinski definition) is 2. The number of hydrazone groups is 1. The summed E-state index contributed by atoms with van der Waals surface area (Å²) in [6, 6.07) is 12.2. The second-order valence-corrected chi connectivity index (χ2v) is 5.35. The van der Waals surface area contributed by atoms with E-state index >= 15 is 0 Å². The van der Waals surface area contributed by atoms with Gasteiger partial charge < -0.3 is 19.5 Å². The first-order valence-corrected chi connectivity index (χ1v) is 8.08. The highest BCUT2D eigenvalue weighted by molar-refractivity contribution is 5.85. The van der Waals surface area contributed by atoms with Crippen LogP contribution in [-0.2, 0) is 9.59 Å². The molecule has 2 aromatic rings. The molecule has 142 valence electrons. The molecule has 2 N–H and O–H groups in total. The van der Waals surface area contributed by atoms with Crippen molar-refractivity contribution in [1.29, 1.82) is 0 Å². The summed E-state index contributed by atoms with van der Waals surface area (Å²) in [7, 11) is 3.03. The van der Waals surface area contributed by atoms with Crippen molar-refractivity contribution < 1.29 is 23.8 Å². The van der Waals surface area contributed by atoms with E-state index in [4.69, 9.17) is 14.2 Å². The molecule has 0 atom stereocenters. The van der Waals surface area contributed by atoms with Gasteiger partial charge in [0.1, 0.15) is 5.75 Å². The van der Waals surface area contributed by atoms with Gasteiger partial charge >= 0.3 is 5.97 Å². The second kappa shape index (κ2) is 9.81. The summed E-state index contributed by atoms with van der Waals surface area (Å²) in [5.74, 6) is 0.587. The lowest BCUT2D eigenvalue weighted by atomic mass is 10.2. The first-order valence-electron chi connectivity index (χ1n) is 8.08. The standard InChI is InChI=1S/C19H21N3O5/c1-13(23)27-17-9-8-14(10-18(17)26-3)11-21-22-19(24)12-20-15-6-4-5-7-16(15)25-2/h4-11,20H,12H2,1-3H3,(H,22,24)/b21-11+. The minimum Gasteiger partial charge on any atom is -0.495 e. The Kier molecular flexibility index (Phi) is 7.18. The first kappa shape index (κ1) is 19.8. The fourth-order valence-electron chi connectivity index (χ4n) is 2.19. The molecule has 0 spiro atoms. The maximum Gasteiger partial charge on any atom is 0.308 e. The molecule has 0 heterocycles. The average Bonchev–Trinajstić information content (AvgIpc) is 2.67. The Bertz CT molecular complexity index is 836. The van der Waals surface area contributed by atoms with Gasteiger partial charge in [-0.15, -0.1) is 0 Å². The Morgan fingerprint density at radius 3 is 2.48 bits per heavy atom. The molecule has 1 amide bonds. The van der Waals surface area contributed by atoms with Gasteiger partial charge in [-0.05, 0) is 35.9 Å². The minimum atomic E-state index is -0.440. The number of hydrogen-bond acceptors (Lipinski definition) is 7. The van der Waals surface area contributed by atoms with Crippen molar-refractivity contribution >= 4 is 23.8 Å². The zero-order valence-corrected chi connectivity index (χ0v) is 15.3. The number of anilines is 1. The van der Waals surface area contributed by atoms with Gasteiger partial charge in [0.05, 0.1) is 32.7 Å². The molecule has 0 radical (unpaired) electrons. The summed E-state index contributed by atoms with van der Waals surface area (Å²) in [6.07, 6.45) is 1.46. The summed E-state index contributed by atoms with van der Waals surface area (Å²) in [4.78, 5) is 22.9. The van der Waals surface area contributed by atoms with E-state index in [0.29, 0.717) is 28.5 Å². The van der Waals surface area contributed by atoms with Gasteiger partial charge in [-0.1, -0.05) is 12.1 Å². The highest BCUT2D eigenvalue weighted by atomic mass is 16.6. The van der Waals surface area contributed by atoms with E-state index in [1.807, 2.05) is 18.2 Å². The minimum absolute atomic E-state index is 0.0342. The van der Waals surface area contributed by atoms with Crippen molar-refractivity contribution in [3.8, 4) is 17.2 Å². The van der Waals surface area contributed by atoms with Gasteiger partial charge in [0, 0.05) is 6.92 Å². The summed E-state index contributed by atoms with van der Waals surface area (Å²) in [6.45, 7) is 1.34. The number of esters is 1. The fraction of sp³-hybridized carbons (Fsp3) is 0.211. The molecule has 0 aliphatic heterocycles. The van der Waals surface area contributed by atoms with E-state index in [0.717, 1.165) is 0 Å². The van der Waals surface area contributed by atoms with Crippen LogP contribution in [0.1, 0.15) is 12.5 Å². The maximum absolute atomic E-state index is 11.9. The number of nitrogens with zero attached hydrogens (tertiary/aromatic N) is 1. The van der Waals surface area contributed by atoms with Crippen LogP contribution in [0.5, 0.6) is 17.2 Å². The monoisotopic (exact) mass is 371 g/mol. The van der Waals surface area contributed by atoms with Crippen LogP contribution in [0, 0.1) is 0 Å². The Balaban J connectivity index is 1.90. The van der Waals surface area contributed by atoms with Crippen LogP contribution in [0.4, 0.5) is 5.69 Å². The van der Waals surface area contributed by atoms with Gasteiger partial charge in [0.2, 0.25) is 0 Å². The van der Waals surface area contributed by atoms with E-state index in [1.54, 1.807) is 31.4 Å². The molecule has 0 aliphatic carbocycles. The topological polar surface area (TPSA) is 98.3 Å². The van der Waals surface area contributed by atoms with Gasteiger partial charge in [-0.25, -0.2) is 5.43 Å². The third-order valence-electron chi connectivity index (χ3n) is 3.39. The van der Waals surface area contributed by atoms with E-state index in [9.17, 15) is 9.59 Å². The molecule has 27 heavy (non-hydrogen) atoms. The van der Waals surface area contributed by atoms with Crippen molar-refractivity contribution in [1.82, 2.24) is 5.43 Å². The number of carbonyl (C=O) groups is 2. The third-order valence-corrected chi connectivity index (χ3v) is 3.39. The predicted octanol–water partition coefficient (Wildman–Crippen LogP) is 2.19. The molecule has 8 heteroatoms. The molecule has 2 rings (SSSR count). The van der Waals surface area contributed by atoms with E-state index in [1.165, 1.54) is 20.2 Å². The van der Waals surface area contributed by atoms with Gasteiger partial charge in [0.15, 0.2) is 11.5 Å². The smallest absolute Gasteiger partial charge is 0.308 e. The molecule has 0 aromatic heterocycles. The zero-order valence-electron chi connectivity index (χ0n) is 15.3. The van der Waals surface area contributed by atoms with Gasteiger partial charge in [0.25, 0.3) is 5.91 Å². The number of carbonyl (C=O) groups excluding carboxylic acids is 2. The van der Waals surface area contributed by atoms with Crippen molar-refractivity contribution in [3.05, 3.63) is 48.0 Å². The van der Waals surface area contributed by atoms with Crippen LogP contribution in [0.2, 0.25) is 0 Å². The summed E-state index contributed by atoms with van der Waals surface area (Å²) in [5, 5.41) is 6.88. The second-order valence-electron chi connectivity index (χ2n) is 5.35. The van der Waals surface area contributed by atoms with Crippen molar-refractivity contribution in [2.75, 3.05) is 26.1 Å². The highest BCUT2D eigenvalue weighted by Gasteiger charge is 2.07. The SMILES string of the molecule is COc1ccccc1NCC(=O)N/N=C/c1ccc(OC(C)=O)c(OC)c1. The molecular formula is C19H21N3O5. The quantitative estimate of drug-likeness (QED) is 0.319. The first-order chi connectivity index (χ1) is 13.0. The van der Waals surface area contributed by atoms with Crippen LogP contribution in [0.15, 0.2) is 47.6 Å². The number of benzene rings is 2. The van der Waals surface area contributed by atoms with Crippen LogP contribution < -0.4 is 25.0 Å². The average molecular weight is 371 g/mol. The third kappa shape index (κ3) is 6.03. The summed E-state index contributed by atoms with van der Waals surface area (Å²) in [5.41, 5.74) is 3.80. The Morgan fingerprint density at radius 2 is 1.78 bits per heavy atom. The predicted molar refractivity (Wildman–Crippen MR) is 102 cm³/mol. The molecular weight excluding hydrogens is 350 g/mol. The number of rotatable bonds is 8. The lowest BCUT2D eigenvalue weighted by Crippen LogP contribution is -2.26. The number of ether oxygens (including phenoxy) is 3. The molecule has 0 saturated carbocycles. The normalized spacial score (nSPS) is 10.3. The molecule has 0 saturated heterocycles. The number of para-hydroxylation sites is 2. The molecule has 0 aliphatic rings. The van der Waals surface area contributed by atoms with Gasteiger partial charge in [-0.3, -0.25) is 9.59 Å². The number of amides is 1. The van der Waals surface area contributed by atoms with E-state index in [2.05, 4.69) is 15.8 Å². The van der Waals surface area contributed by atoms with Crippen LogP contribution >= 0.6 is 0 Å². The number of methoxy groups -OCH3 is 2. The maximum atomic E-state index is 11.9. The lowest BCUT2D eigenvalue weighted by molar-refractivity contribution is -0.132. The molecule has 0 bridgehead atoms. The molecule has 8 nitrogen and oxygen atoms in total. The lowest BCUT2D eigenvalue weighted by Gasteiger charge is -2.10. The Morgan fingerprint density at radius 1 is 1.04 bits per heavy atom. The van der Waals surface area contributed by atoms with Gasteiger partial charge in [-0.2, -0.15) is 5.10 Å². The molecule has 0 unspecified atom stereocenters. The number of nitrogens with one attached hydrogen (secondary N) is 2. The highest BCUT2D eigenvalue weighted by Crippen LogP contribution is 2.27. The van der Waals surface area contributed by atoms with Crippen molar-refractivity contribution in [3.63, 3.8) is 0 Å². The Hall–Kier alpha value is -3.55. The van der Waals surface area contributed by atoms with Crippen LogP contribution in [0.3, 0.4) is 0 Å². The molecule has 0 fully saturated rings. The largest absolute Gasteiger partial charge is 0.495 e. The zero-order chi connectivity index (χ0) is 19.6. The van der Waals surface area contributed by atoms with Crippen LogP contribution in [0.25, 0.3) is 0 Å². The Labute approximate surface area is 157 Å². The van der Waals surface area contributed by atoms with Crippen LogP contribution in [-0.4, -0.2) is 38.9 Å². The van der Waals surface area contributed by atoms with Crippen molar-refractivity contribution in [2.24, 2.45) is 5.10 Å². The van der Waals surface area contributed by atoms with Crippen molar-refractivity contribution in [2.45, 2.75) is 6.92 Å². The summed E-state index contributed by atoms with van der Waals surface area (Å²) >= 11 is 0.